The fourth-order valence-corrected chi connectivity index (χ4v) is 2.08. The zero-order valence-electron chi connectivity index (χ0n) is 11.0. The Hall–Kier alpha value is -1.55. The molecule has 1 atom stereocenters. The minimum Gasteiger partial charge on any atom is -0.492 e. The molecule has 0 saturated heterocycles. The van der Waals surface area contributed by atoms with Crippen molar-refractivity contribution in [1.82, 2.24) is 5.32 Å². The van der Waals surface area contributed by atoms with Gasteiger partial charge in [-0.25, -0.2) is 0 Å². The minimum atomic E-state index is 0.0944. The SMILES string of the molecule is CCNC(C)COc1ccc2c(c1)CCC(=O)N2. The first kappa shape index (κ1) is 12.9. The van der Waals surface area contributed by atoms with Gasteiger partial charge in [-0.3, -0.25) is 4.79 Å². The van der Waals surface area contributed by atoms with Crippen molar-refractivity contribution in [2.75, 3.05) is 18.5 Å². The smallest absolute Gasteiger partial charge is 0.224 e. The topological polar surface area (TPSA) is 50.4 Å². The molecular formula is C14H20N2O2. The van der Waals surface area contributed by atoms with Gasteiger partial charge in [0, 0.05) is 18.2 Å². The standard InChI is InChI=1S/C14H20N2O2/c1-3-15-10(2)9-18-12-5-6-13-11(8-12)4-7-14(17)16-13/h5-6,8,10,15H,3-4,7,9H2,1-2H3,(H,16,17). The number of anilines is 1. The van der Waals surface area contributed by atoms with Gasteiger partial charge >= 0.3 is 0 Å². The van der Waals surface area contributed by atoms with Crippen LogP contribution in [0, 0.1) is 0 Å². The van der Waals surface area contributed by atoms with Gasteiger partial charge in [0.1, 0.15) is 12.4 Å². The molecule has 0 spiro atoms. The van der Waals surface area contributed by atoms with Gasteiger partial charge in [-0.2, -0.15) is 0 Å². The van der Waals surface area contributed by atoms with E-state index >= 15 is 0 Å². The summed E-state index contributed by atoms with van der Waals surface area (Å²) in [6.07, 6.45) is 1.35. The fourth-order valence-electron chi connectivity index (χ4n) is 2.08. The summed E-state index contributed by atoms with van der Waals surface area (Å²) in [4.78, 5) is 11.2. The van der Waals surface area contributed by atoms with Crippen molar-refractivity contribution in [3.63, 3.8) is 0 Å². The van der Waals surface area contributed by atoms with Gasteiger partial charge in [0.15, 0.2) is 0 Å². The summed E-state index contributed by atoms with van der Waals surface area (Å²) in [6, 6.07) is 6.18. The lowest BCUT2D eigenvalue weighted by atomic mass is 10.0. The molecule has 1 aliphatic rings. The maximum Gasteiger partial charge on any atom is 0.224 e. The van der Waals surface area contributed by atoms with Crippen LogP contribution in [0.2, 0.25) is 0 Å². The first-order valence-corrected chi connectivity index (χ1v) is 6.48. The van der Waals surface area contributed by atoms with Gasteiger partial charge in [-0.1, -0.05) is 6.92 Å². The van der Waals surface area contributed by atoms with E-state index in [4.69, 9.17) is 4.74 Å². The lowest BCUT2D eigenvalue weighted by Gasteiger charge is -2.19. The molecular weight excluding hydrogens is 228 g/mol. The van der Waals surface area contributed by atoms with Crippen LogP contribution in [0.3, 0.4) is 0 Å². The molecule has 2 N–H and O–H groups in total. The van der Waals surface area contributed by atoms with Gasteiger partial charge < -0.3 is 15.4 Å². The van der Waals surface area contributed by atoms with E-state index in [1.165, 1.54) is 0 Å². The van der Waals surface area contributed by atoms with Crippen molar-refractivity contribution >= 4 is 11.6 Å². The second kappa shape index (κ2) is 5.87. The third kappa shape index (κ3) is 3.23. The van der Waals surface area contributed by atoms with E-state index in [-0.39, 0.29) is 5.91 Å². The first-order chi connectivity index (χ1) is 8.69. The third-order valence-corrected chi connectivity index (χ3v) is 3.02. The number of amides is 1. The number of ether oxygens (including phenoxy) is 1. The third-order valence-electron chi connectivity index (χ3n) is 3.02. The molecule has 1 amide bonds. The van der Waals surface area contributed by atoms with Crippen LogP contribution in [0.1, 0.15) is 25.8 Å². The van der Waals surface area contributed by atoms with Crippen LogP contribution in [0.5, 0.6) is 5.75 Å². The molecule has 1 unspecified atom stereocenters. The highest BCUT2D eigenvalue weighted by atomic mass is 16.5. The number of fused-ring (bicyclic) bond motifs is 1. The molecule has 98 valence electrons. The molecule has 18 heavy (non-hydrogen) atoms. The summed E-state index contributed by atoms with van der Waals surface area (Å²) in [7, 11) is 0. The number of carbonyl (C=O) groups is 1. The molecule has 0 aromatic heterocycles. The number of carbonyl (C=O) groups excluding carboxylic acids is 1. The van der Waals surface area contributed by atoms with Gasteiger partial charge in [0.05, 0.1) is 0 Å². The molecule has 0 fully saturated rings. The van der Waals surface area contributed by atoms with Crippen molar-refractivity contribution in [1.29, 1.82) is 0 Å². The van der Waals surface area contributed by atoms with E-state index in [0.29, 0.717) is 19.1 Å². The Morgan fingerprint density at radius 3 is 3.06 bits per heavy atom. The Bertz CT molecular complexity index is 432. The Labute approximate surface area is 108 Å². The van der Waals surface area contributed by atoms with Crippen LogP contribution >= 0.6 is 0 Å². The van der Waals surface area contributed by atoms with Crippen LogP contribution in [0.25, 0.3) is 0 Å². The first-order valence-electron chi connectivity index (χ1n) is 6.48. The van der Waals surface area contributed by atoms with E-state index in [1.54, 1.807) is 0 Å². The molecule has 1 aromatic rings. The van der Waals surface area contributed by atoms with Crippen LogP contribution in [0.4, 0.5) is 5.69 Å². The second-order valence-corrected chi connectivity index (χ2v) is 4.64. The Morgan fingerprint density at radius 1 is 1.44 bits per heavy atom. The largest absolute Gasteiger partial charge is 0.492 e. The normalized spacial score (nSPS) is 15.8. The molecule has 4 heteroatoms. The van der Waals surface area contributed by atoms with Gasteiger partial charge in [0.2, 0.25) is 5.91 Å². The van der Waals surface area contributed by atoms with Crippen LogP contribution in [-0.2, 0) is 11.2 Å². The molecule has 0 bridgehead atoms. The number of hydrogen-bond acceptors (Lipinski definition) is 3. The monoisotopic (exact) mass is 248 g/mol. The average molecular weight is 248 g/mol. The fraction of sp³-hybridized carbons (Fsp3) is 0.500. The lowest BCUT2D eigenvalue weighted by Crippen LogP contribution is -2.31. The summed E-state index contributed by atoms with van der Waals surface area (Å²) < 4.78 is 5.74. The molecule has 2 rings (SSSR count). The molecule has 4 nitrogen and oxygen atoms in total. The van der Waals surface area contributed by atoms with E-state index < -0.39 is 0 Å². The zero-order valence-corrected chi connectivity index (χ0v) is 11.0. The molecule has 0 radical (unpaired) electrons. The van der Waals surface area contributed by atoms with Crippen molar-refractivity contribution < 1.29 is 9.53 Å². The van der Waals surface area contributed by atoms with Crippen molar-refractivity contribution in [2.24, 2.45) is 0 Å². The molecule has 1 aromatic carbocycles. The predicted molar refractivity (Wildman–Crippen MR) is 72.0 cm³/mol. The Morgan fingerprint density at radius 2 is 2.28 bits per heavy atom. The maximum absolute atomic E-state index is 11.2. The highest BCUT2D eigenvalue weighted by Crippen LogP contribution is 2.26. The number of rotatable bonds is 5. The Kier molecular flexibility index (Phi) is 4.20. The minimum absolute atomic E-state index is 0.0944. The van der Waals surface area contributed by atoms with E-state index in [2.05, 4.69) is 24.5 Å². The van der Waals surface area contributed by atoms with Crippen molar-refractivity contribution in [2.45, 2.75) is 32.7 Å². The summed E-state index contributed by atoms with van der Waals surface area (Å²) in [5.41, 5.74) is 2.07. The molecule has 1 aliphatic heterocycles. The van der Waals surface area contributed by atoms with E-state index in [1.807, 2.05) is 18.2 Å². The van der Waals surface area contributed by atoms with Crippen molar-refractivity contribution in [3.05, 3.63) is 23.8 Å². The van der Waals surface area contributed by atoms with Crippen molar-refractivity contribution in [3.8, 4) is 5.75 Å². The van der Waals surface area contributed by atoms with Gasteiger partial charge in [-0.05, 0) is 43.7 Å². The number of aryl methyl sites for hydroxylation is 1. The number of benzene rings is 1. The average Bonchev–Trinajstić information content (AvgIpc) is 2.36. The number of hydrogen-bond donors (Lipinski definition) is 2. The molecule has 1 heterocycles. The Balaban J connectivity index is 1.97. The summed E-state index contributed by atoms with van der Waals surface area (Å²) >= 11 is 0. The van der Waals surface area contributed by atoms with Gasteiger partial charge in [-0.15, -0.1) is 0 Å². The van der Waals surface area contributed by atoms with Crippen LogP contribution in [0.15, 0.2) is 18.2 Å². The summed E-state index contributed by atoms with van der Waals surface area (Å²) in [5.74, 6) is 0.964. The van der Waals surface area contributed by atoms with Crippen LogP contribution < -0.4 is 15.4 Å². The number of nitrogens with one attached hydrogen (secondary N) is 2. The lowest BCUT2D eigenvalue weighted by molar-refractivity contribution is -0.116. The van der Waals surface area contributed by atoms with E-state index in [9.17, 15) is 4.79 Å². The van der Waals surface area contributed by atoms with Crippen LogP contribution in [-0.4, -0.2) is 25.1 Å². The van der Waals surface area contributed by atoms with Gasteiger partial charge in [0.25, 0.3) is 0 Å². The molecule has 0 aliphatic carbocycles. The maximum atomic E-state index is 11.2. The molecule has 0 saturated carbocycles. The van der Waals surface area contributed by atoms with E-state index in [0.717, 1.165) is 30.0 Å². The highest BCUT2D eigenvalue weighted by molar-refractivity contribution is 5.93. The predicted octanol–water partition coefficient (Wildman–Crippen LogP) is 1.95. The zero-order chi connectivity index (χ0) is 13.0. The summed E-state index contributed by atoms with van der Waals surface area (Å²) in [6.45, 7) is 5.78. The quantitative estimate of drug-likeness (QED) is 0.837. The summed E-state index contributed by atoms with van der Waals surface area (Å²) in [5, 5.41) is 6.17. The second-order valence-electron chi connectivity index (χ2n) is 4.64. The highest BCUT2D eigenvalue weighted by Gasteiger charge is 2.15. The number of likely N-dealkylation sites (N-methyl/N-ethyl adjacent to an activating group) is 1.